The lowest BCUT2D eigenvalue weighted by atomic mass is 9.98. The normalized spacial score (nSPS) is 15.8. The minimum Gasteiger partial charge on any atom is -0.466 e. The summed E-state index contributed by atoms with van der Waals surface area (Å²) in [4.78, 5) is 55.2. The van der Waals surface area contributed by atoms with Crippen LogP contribution in [0.15, 0.2) is 36.9 Å². The Kier molecular flexibility index (Phi) is 7.18. The lowest BCUT2D eigenvalue weighted by Crippen LogP contribution is -2.47. The number of benzene rings is 1. The summed E-state index contributed by atoms with van der Waals surface area (Å²) in [6.45, 7) is 2.57. The van der Waals surface area contributed by atoms with Crippen molar-refractivity contribution in [2.24, 2.45) is 5.92 Å². The largest absolute Gasteiger partial charge is 0.466 e. The van der Waals surface area contributed by atoms with Crippen LogP contribution in [0.1, 0.15) is 30.1 Å². The van der Waals surface area contributed by atoms with E-state index < -0.39 is 10.8 Å². The van der Waals surface area contributed by atoms with E-state index in [1.807, 2.05) is 0 Å². The first-order valence-electron chi connectivity index (χ1n) is 10.3. The van der Waals surface area contributed by atoms with Crippen LogP contribution in [0.2, 0.25) is 0 Å². The van der Waals surface area contributed by atoms with Crippen LogP contribution >= 0.6 is 0 Å². The number of hydrogen-bond acceptors (Lipinski definition) is 7. The van der Waals surface area contributed by atoms with E-state index in [1.54, 1.807) is 18.0 Å². The first-order chi connectivity index (χ1) is 15.3. The summed E-state index contributed by atoms with van der Waals surface area (Å²) < 4.78 is 6.53. The Morgan fingerprint density at radius 1 is 1.34 bits per heavy atom. The number of carbonyl (C=O) groups excluding carboxylic acids is 3. The molecule has 1 aromatic carbocycles. The molecule has 2 aromatic rings. The van der Waals surface area contributed by atoms with Crippen LogP contribution in [-0.4, -0.2) is 75.3 Å². The SMILES string of the molecule is CCOC(=O)C1CCCN(C(=O)CN(C)C(=O)c2ccc(-n3ccnc3)c([N+](=O)[O-])c2)C1. The predicted molar refractivity (Wildman–Crippen MR) is 113 cm³/mol. The van der Waals surface area contributed by atoms with Crippen LogP contribution in [0.4, 0.5) is 5.69 Å². The number of rotatable bonds is 7. The topological polar surface area (TPSA) is 128 Å². The molecule has 0 radical (unpaired) electrons. The van der Waals surface area contributed by atoms with Crippen LogP contribution in [-0.2, 0) is 14.3 Å². The highest BCUT2D eigenvalue weighted by atomic mass is 16.6. The molecule has 0 bridgehead atoms. The minimum absolute atomic E-state index is 0.0962. The number of nitro groups is 1. The number of ether oxygens (including phenoxy) is 1. The number of carbonyl (C=O) groups is 3. The molecule has 2 heterocycles. The molecule has 1 atom stereocenters. The molecule has 170 valence electrons. The van der Waals surface area contributed by atoms with Crippen molar-refractivity contribution in [1.82, 2.24) is 19.4 Å². The van der Waals surface area contributed by atoms with Crippen molar-refractivity contribution in [3.8, 4) is 5.69 Å². The van der Waals surface area contributed by atoms with E-state index in [0.717, 1.165) is 0 Å². The number of nitro benzene ring substituents is 1. The molecule has 3 rings (SSSR count). The maximum Gasteiger partial charge on any atom is 0.310 e. The van der Waals surface area contributed by atoms with Gasteiger partial charge in [-0.1, -0.05) is 0 Å². The van der Waals surface area contributed by atoms with Gasteiger partial charge in [0.15, 0.2) is 0 Å². The molecule has 2 amide bonds. The second-order valence-corrected chi connectivity index (χ2v) is 7.52. The molecule has 1 aliphatic heterocycles. The molecule has 0 N–H and O–H groups in total. The highest BCUT2D eigenvalue weighted by molar-refractivity contribution is 5.97. The van der Waals surface area contributed by atoms with Crippen molar-refractivity contribution in [3.63, 3.8) is 0 Å². The molecule has 0 aliphatic carbocycles. The summed E-state index contributed by atoms with van der Waals surface area (Å²) in [6.07, 6.45) is 5.82. The molecule has 1 saturated heterocycles. The summed E-state index contributed by atoms with van der Waals surface area (Å²) in [7, 11) is 1.46. The molecule has 11 nitrogen and oxygen atoms in total. The van der Waals surface area contributed by atoms with Gasteiger partial charge in [0.05, 0.1) is 30.3 Å². The number of piperidine rings is 1. The standard InChI is InChI=1S/C21H25N5O6/c1-3-32-21(29)16-5-4-9-24(12-16)19(27)13-23(2)20(28)15-6-7-17(18(11-15)26(30)31)25-10-8-22-14-25/h6-8,10-11,14,16H,3-5,9,12-13H2,1-2H3. The second kappa shape index (κ2) is 10.0. The van der Waals surface area contributed by atoms with Gasteiger partial charge in [0.1, 0.15) is 5.69 Å². The predicted octanol–water partition coefficient (Wildman–Crippen LogP) is 1.65. The van der Waals surface area contributed by atoms with Crippen LogP contribution in [0.25, 0.3) is 5.69 Å². The number of likely N-dealkylation sites (tertiary alicyclic amines) is 1. The van der Waals surface area contributed by atoms with Crippen LogP contribution in [0.3, 0.4) is 0 Å². The van der Waals surface area contributed by atoms with E-state index in [1.165, 1.54) is 47.2 Å². The highest BCUT2D eigenvalue weighted by Gasteiger charge is 2.30. The molecular weight excluding hydrogens is 418 g/mol. The van der Waals surface area contributed by atoms with Gasteiger partial charge in [-0.3, -0.25) is 24.5 Å². The lowest BCUT2D eigenvalue weighted by Gasteiger charge is -2.32. The Morgan fingerprint density at radius 2 is 2.12 bits per heavy atom. The zero-order chi connectivity index (χ0) is 23.3. The lowest BCUT2D eigenvalue weighted by molar-refractivity contribution is -0.384. The average Bonchev–Trinajstić information content (AvgIpc) is 3.33. The van der Waals surface area contributed by atoms with E-state index in [2.05, 4.69) is 4.98 Å². The first-order valence-corrected chi connectivity index (χ1v) is 10.3. The summed E-state index contributed by atoms with van der Waals surface area (Å²) in [5.74, 6) is -1.50. The van der Waals surface area contributed by atoms with Gasteiger partial charge in [0.25, 0.3) is 11.6 Å². The van der Waals surface area contributed by atoms with Crippen LogP contribution in [0.5, 0.6) is 0 Å². The highest BCUT2D eigenvalue weighted by Crippen LogP contribution is 2.25. The van der Waals surface area contributed by atoms with Gasteiger partial charge in [-0.2, -0.15) is 0 Å². The van der Waals surface area contributed by atoms with Crippen molar-refractivity contribution >= 4 is 23.5 Å². The molecule has 32 heavy (non-hydrogen) atoms. The fourth-order valence-corrected chi connectivity index (χ4v) is 3.67. The zero-order valence-corrected chi connectivity index (χ0v) is 18.0. The minimum atomic E-state index is -0.569. The van der Waals surface area contributed by atoms with Crippen molar-refractivity contribution in [1.29, 1.82) is 0 Å². The summed E-state index contributed by atoms with van der Waals surface area (Å²) in [5, 5.41) is 11.5. The van der Waals surface area contributed by atoms with E-state index in [9.17, 15) is 24.5 Å². The Hall–Kier alpha value is -3.76. The molecule has 11 heteroatoms. The smallest absolute Gasteiger partial charge is 0.310 e. The quantitative estimate of drug-likeness (QED) is 0.362. The van der Waals surface area contributed by atoms with E-state index in [4.69, 9.17) is 4.74 Å². The van der Waals surface area contributed by atoms with E-state index in [-0.39, 0.29) is 54.4 Å². The summed E-state index contributed by atoms with van der Waals surface area (Å²) in [5.41, 5.74) is 0.127. The number of aromatic nitrogens is 2. The maximum atomic E-state index is 12.8. The maximum absolute atomic E-state index is 12.8. The van der Waals surface area contributed by atoms with E-state index >= 15 is 0 Å². The molecule has 0 saturated carbocycles. The Bertz CT molecular complexity index is 1010. The van der Waals surface area contributed by atoms with Gasteiger partial charge in [-0.25, -0.2) is 4.98 Å². The Morgan fingerprint density at radius 3 is 2.78 bits per heavy atom. The number of esters is 1. The van der Waals surface area contributed by atoms with Gasteiger partial charge >= 0.3 is 5.97 Å². The van der Waals surface area contributed by atoms with Crippen molar-refractivity contribution in [2.75, 3.05) is 33.3 Å². The Labute approximate surface area is 184 Å². The summed E-state index contributed by atoms with van der Waals surface area (Å²) >= 11 is 0. The van der Waals surface area contributed by atoms with Crippen LogP contribution < -0.4 is 0 Å². The van der Waals surface area contributed by atoms with Crippen molar-refractivity contribution in [2.45, 2.75) is 19.8 Å². The number of hydrogen-bond donors (Lipinski definition) is 0. The zero-order valence-electron chi connectivity index (χ0n) is 18.0. The summed E-state index contributed by atoms with van der Waals surface area (Å²) in [6, 6.07) is 4.14. The van der Waals surface area contributed by atoms with Gasteiger partial charge < -0.3 is 19.1 Å². The molecule has 0 spiro atoms. The molecule has 1 unspecified atom stereocenters. The number of imidazole rings is 1. The fourth-order valence-electron chi connectivity index (χ4n) is 3.67. The van der Waals surface area contributed by atoms with E-state index in [0.29, 0.717) is 19.4 Å². The first kappa shape index (κ1) is 22.9. The monoisotopic (exact) mass is 443 g/mol. The number of nitrogens with zero attached hydrogens (tertiary/aromatic N) is 5. The van der Waals surface area contributed by atoms with Crippen LogP contribution in [0, 0.1) is 16.0 Å². The second-order valence-electron chi connectivity index (χ2n) is 7.52. The Balaban J connectivity index is 1.69. The molecular formula is C21H25N5O6. The third-order valence-corrected chi connectivity index (χ3v) is 5.31. The average molecular weight is 443 g/mol. The number of likely N-dealkylation sites (N-methyl/N-ethyl adjacent to an activating group) is 1. The fraction of sp³-hybridized carbons (Fsp3) is 0.429. The molecule has 1 aromatic heterocycles. The molecule has 1 aliphatic rings. The van der Waals surface area contributed by atoms with Gasteiger partial charge in [-0.05, 0) is 31.9 Å². The van der Waals surface area contributed by atoms with Crippen molar-refractivity contribution < 1.29 is 24.0 Å². The van der Waals surface area contributed by atoms with Crippen molar-refractivity contribution in [3.05, 3.63) is 52.6 Å². The van der Waals surface area contributed by atoms with Gasteiger partial charge in [0, 0.05) is 44.2 Å². The van der Waals surface area contributed by atoms with Gasteiger partial charge in [-0.15, -0.1) is 0 Å². The number of amides is 2. The molecule has 1 fully saturated rings. The third kappa shape index (κ3) is 5.10. The third-order valence-electron chi connectivity index (χ3n) is 5.31. The van der Waals surface area contributed by atoms with Gasteiger partial charge in [0.2, 0.25) is 5.91 Å².